The van der Waals surface area contributed by atoms with Crippen molar-refractivity contribution in [2.75, 3.05) is 52.3 Å². The smallest absolute Gasteiger partial charge is 0.414 e. The standard InChI is InChI=1S/C51H84F2N6O14/c1-14-39-51(10,66)43(61)31(6)57(12)23-27(2)21-49(8,65)45(29(4)42(30(5)46(63)71-39)72-40-22-50(9,67-13)44(62)32(7)69-40)73-47-41(60)38(17-28(3)68-47)56(11)16-15-35-24-58(55-54-35)25-37-26-59(48(64)70-37)36-19-33(52)18-34(53)20-36/h18-20,24,27-32,37-45,47,54-55,60-62,65-66H,14-17,21-23,25-26H2,1-13H3/t27-,28-,29+,30-,31-,32+,37+,38+,39-,40?,41-,42+,43-,44+,45-,47+,49-,50-,51-/m1/s1. The number of methoxy groups -OCH3 is 1. The van der Waals surface area contributed by atoms with E-state index >= 15 is 0 Å². The maximum atomic E-state index is 14.5. The summed E-state index contributed by atoms with van der Waals surface area (Å²) >= 11 is 0. The van der Waals surface area contributed by atoms with Crippen LogP contribution in [0.4, 0.5) is 19.3 Å². The molecule has 0 radical (unpaired) electrons. The fraction of sp³-hybridized carbons (Fsp3) is 0.804. The van der Waals surface area contributed by atoms with E-state index in [1.54, 1.807) is 53.5 Å². The topological polar surface area (TPSA) is 237 Å². The summed E-state index contributed by atoms with van der Waals surface area (Å²) in [4.78, 5) is 32.2. The molecule has 1 unspecified atom stereocenters. The Kier molecular flexibility index (Phi) is 19.3. The molecule has 7 N–H and O–H groups in total. The minimum atomic E-state index is -1.86. The lowest BCUT2D eigenvalue weighted by Crippen LogP contribution is -2.61. The van der Waals surface area contributed by atoms with Crippen LogP contribution in [0.25, 0.3) is 0 Å². The van der Waals surface area contributed by atoms with E-state index in [4.69, 9.17) is 33.2 Å². The fourth-order valence-electron chi connectivity index (χ4n) is 11.5. The van der Waals surface area contributed by atoms with E-state index in [1.165, 1.54) is 18.9 Å². The number of benzene rings is 1. The Morgan fingerprint density at radius 3 is 2.23 bits per heavy atom. The van der Waals surface area contributed by atoms with Gasteiger partial charge in [0.05, 0.1) is 60.3 Å². The Bertz CT molecular complexity index is 2040. The molecule has 73 heavy (non-hydrogen) atoms. The van der Waals surface area contributed by atoms with Gasteiger partial charge in [-0.2, -0.15) is 0 Å². The molecule has 0 aromatic heterocycles. The second-order valence-corrected chi connectivity index (χ2v) is 22.2. The fourth-order valence-corrected chi connectivity index (χ4v) is 11.5. The van der Waals surface area contributed by atoms with Crippen molar-refractivity contribution in [3.63, 3.8) is 0 Å². The number of hydrogen-bond acceptors (Lipinski definition) is 19. The second-order valence-electron chi connectivity index (χ2n) is 22.2. The van der Waals surface area contributed by atoms with Crippen molar-refractivity contribution in [2.24, 2.45) is 17.8 Å². The first-order valence-electron chi connectivity index (χ1n) is 25.8. The van der Waals surface area contributed by atoms with Gasteiger partial charge in [-0.1, -0.05) is 20.8 Å². The van der Waals surface area contributed by atoms with Crippen molar-refractivity contribution >= 4 is 17.7 Å². The van der Waals surface area contributed by atoms with Crippen LogP contribution < -0.4 is 15.9 Å². The number of aliphatic hydroxyl groups excluding tert-OH is 3. The van der Waals surface area contributed by atoms with Gasteiger partial charge in [0.1, 0.15) is 47.8 Å². The van der Waals surface area contributed by atoms with Crippen molar-refractivity contribution < 1.29 is 77.1 Å². The number of anilines is 1. The van der Waals surface area contributed by atoms with Gasteiger partial charge in [-0.05, 0) is 99.9 Å². The summed E-state index contributed by atoms with van der Waals surface area (Å²) in [6.45, 7) is 18.5. The molecule has 0 spiro atoms. The van der Waals surface area contributed by atoms with Crippen LogP contribution in [-0.4, -0.2) is 196 Å². The number of nitrogens with zero attached hydrogens (tertiary/aromatic N) is 4. The summed E-state index contributed by atoms with van der Waals surface area (Å²) in [6.07, 6.45) is -8.49. The van der Waals surface area contributed by atoms with Gasteiger partial charge in [-0.15, -0.1) is 5.53 Å². The van der Waals surface area contributed by atoms with Gasteiger partial charge in [0, 0.05) is 69.0 Å². The molecule has 416 valence electrons. The molecule has 4 saturated heterocycles. The average molecular weight is 1040 g/mol. The van der Waals surface area contributed by atoms with E-state index in [2.05, 4.69) is 11.0 Å². The Labute approximate surface area is 429 Å². The number of likely N-dealkylation sites (N-methyl/N-ethyl adjacent to an activating group) is 2. The summed E-state index contributed by atoms with van der Waals surface area (Å²) in [7, 11) is 5.19. The van der Waals surface area contributed by atoms with Gasteiger partial charge in [-0.3, -0.25) is 14.7 Å². The Hall–Kier alpha value is -3.36. The van der Waals surface area contributed by atoms with Gasteiger partial charge in [0.15, 0.2) is 12.6 Å². The molecule has 0 aliphatic carbocycles. The number of cyclic esters (lactones) is 2. The van der Waals surface area contributed by atoms with Crippen LogP contribution in [0.1, 0.15) is 101 Å². The quantitative estimate of drug-likeness (QED) is 0.141. The minimum absolute atomic E-state index is 0.0641. The van der Waals surface area contributed by atoms with Crippen molar-refractivity contribution in [2.45, 2.75) is 198 Å². The predicted octanol–water partition coefficient (Wildman–Crippen LogP) is 3.13. The first-order valence-corrected chi connectivity index (χ1v) is 25.8. The summed E-state index contributed by atoms with van der Waals surface area (Å²) in [6, 6.07) is 1.81. The van der Waals surface area contributed by atoms with Gasteiger partial charge in [0.2, 0.25) is 0 Å². The number of halogens is 2. The molecule has 19 atom stereocenters. The van der Waals surface area contributed by atoms with E-state index < -0.39 is 132 Å². The molecule has 5 aliphatic rings. The molecule has 22 heteroatoms. The molecule has 5 heterocycles. The lowest BCUT2D eigenvalue weighted by Gasteiger charge is -2.49. The first kappa shape index (κ1) is 58.9. The number of ether oxygens (including phenoxy) is 7. The number of carbonyl (C=O) groups is 2. The Morgan fingerprint density at radius 2 is 1.59 bits per heavy atom. The monoisotopic (exact) mass is 1040 g/mol. The highest BCUT2D eigenvalue weighted by Crippen LogP contribution is 2.40. The van der Waals surface area contributed by atoms with Crippen molar-refractivity contribution in [3.8, 4) is 0 Å². The molecular formula is C51H84F2N6O14. The van der Waals surface area contributed by atoms with E-state index in [-0.39, 0.29) is 44.0 Å². The lowest BCUT2D eigenvalue weighted by molar-refractivity contribution is -0.318. The number of carbonyl (C=O) groups excluding carboxylic acids is 2. The maximum absolute atomic E-state index is 14.5. The van der Waals surface area contributed by atoms with E-state index in [0.29, 0.717) is 25.9 Å². The average Bonchev–Trinajstić information content (AvgIpc) is 3.93. The van der Waals surface area contributed by atoms with E-state index in [9.17, 15) is 43.9 Å². The minimum Gasteiger partial charge on any atom is -0.459 e. The van der Waals surface area contributed by atoms with Crippen LogP contribution >= 0.6 is 0 Å². The molecule has 20 nitrogen and oxygen atoms in total. The van der Waals surface area contributed by atoms with E-state index in [0.717, 1.165) is 23.9 Å². The van der Waals surface area contributed by atoms with Crippen LogP contribution in [0, 0.1) is 29.4 Å². The number of amides is 1. The largest absolute Gasteiger partial charge is 0.459 e. The molecule has 0 bridgehead atoms. The zero-order valence-corrected chi connectivity index (χ0v) is 44.9. The molecular weight excluding hydrogens is 959 g/mol. The molecule has 1 aromatic carbocycles. The SMILES string of the molecule is CC[C@H]1OC(=O)[C@H](C)[C@@H](OC2C[C@@](C)(OC)[C@@H](O)[C@H](C)O2)[C@H](C)[C@@H](O[C@@H]2O[C@H](C)C[C@H](N(C)CCC3=CN(C[C@H]4CN(c5cc(F)cc(F)c5)C(=O)O4)NN3)[C@H]2O)[C@](C)(O)C[C@@H](C)CN(C)[C@H](C)[C@@H](O)[C@]1(C)O. The normalized spacial score (nSPS) is 41.7. The van der Waals surface area contributed by atoms with Crippen LogP contribution in [0.2, 0.25) is 0 Å². The molecule has 1 amide bonds. The lowest BCUT2D eigenvalue weighted by atomic mass is 9.77. The molecule has 5 aliphatic heterocycles. The molecule has 1 aromatic rings. The van der Waals surface area contributed by atoms with Crippen LogP contribution in [-0.2, 0) is 38.0 Å². The highest BCUT2D eigenvalue weighted by Gasteiger charge is 2.53. The van der Waals surface area contributed by atoms with Crippen LogP contribution in [0.3, 0.4) is 0 Å². The number of hydrazine groups is 2. The second kappa shape index (κ2) is 23.9. The zero-order valence-electron chi connectivity index (χ0n) is 44.9. The third-order valence-corrected chi connectivity index (χ3v) is 15.9. The third kappa shape index (κ3) is 13.6. The Balaban J connectivity index is 1.22. The number of hydrogen-bond donors (Lipinski definition) is 7. The highest BCUT2D eigenvalue weighted by atomic mass is 19.1. The summed E-state index contributed by atoms with van der Waals surface area (Å²) in [5.41, 5.74) is 2.43. The Morgan fingerprint density at radius 1 is 0.918 bits per heavy atom. The van der Waals surface area contributed by atoms with E-state index in [1.807, 2.05) is 43.9 Å². The van der Waals surface area contributed by atoms with Crippen LogP contribution in [0.15, 0.2) is 30.1 Å². The van der Waals surface area contributed by atoms with Crippen LogP contribution in [0.5, 0.6) is 0 Å². The molecule has 4 fully saturated rings. The number of esters is 1. The van der Waals surface area contributed by atoms with Gasteiger partial charge >= 0.3 is 12.1 Å². The van der Waals surface area contributed by atoms with Gasteiger partial charge in [-0.25, -0.2) is 13.6 Å². The summed E-state index contributed by atoms with van der Waals surface area (Å²) < 4.78 is 71.5. The van der Waals surface area contributed by atoms with Crippen molar-refractivity contribution in [1.29, 1.82) is 0 Å². The maximum Gasteiger partial charge on any atom is 0.414 e. The number of rotatable bonds is 13. The highest BCUT2D eigenvalue weighted by molar-refractivity contribution is 5.89. The third-order valence-electron chi connectivity index (χ3n) is 15.9. The predicted molar refractivity (Wildman–Crippen MR) is 263 cm³/mol. The first-order chi connectivity index (χ1) is 34.1. The molecule has 6 rings (SSSR count). The van der Waals surface area contributed by atoms with Crippen molar-refractivity contribution in [1.82, 2.24) is 25.8 Å². The summed E-state index contributed by atoms with van der Waals surface area (Å²) in [5.74, 6) is -4.51. The molecule has 0 saturated carbocycles. The summed E-state index contributed by atoms with van der Waals surface area (Å²) in [5, 5.41) is 61.4. The zero-order chi connectivity index (χ0) is 54.1. The number of aliphatic hydroxyl groups is 5. The van der Waals surface area contributed by atoms with Gasteiger partial charge in [0.25, 0.3) is 0 Å². The van der Waals surface area contributed by atoms with Crippen molar-refractivity contribution in [3.05, 3.63) is 41.7 Å². The number of nitrogens with one attached hydrogen (secondary N) is 2. The van der Waals surface area contributed by atoms with Gasteiger partial charge < -0.3 is 73.9 Å².